The minimum Gasteiger partial charge on any atom is -0.496 e. The molecule has 0 aliphatic carbocycles. The molecule has 0 spiro atoms. The van der Waals surface area contributed by atoms with Crippen LogP contribution in [-0.4, -0.2) is 28.3 Å². The van der Waals surface area contributed by atoms with Crippen LogP contribution in [0.25, 0.3) is 24.3 Å². The number of nitrogens with one attached hydrogen (secondary N) is 2. The molecule has 154 valence electrons. The van der Waals surface area contributed by atoms with Crippen LogP contribution in [0.2, 0.25) is 0 Å². The summed E-state index contributed by atoms with van der Waals surface area (Å²) in [6, 6.07) is 20.5. The maximum Gasteiger partial charge on any atom is 0.126 e. The summed E-state index contributed by atoms with van der Waals surface area (Å²) >= 11 is 0. The lowest BCUT2D eigenvalue weighted by Crippen LogP contribution is -1.93. The van der Waals surface area contributed by atoms with E-state index < -0.39 is 0 Å². The van der Waals surface area contributed by atoms with E-state index in [4.69, 9.17) is 9.47 Å². The predicted molar refractivity (Wildman–Crippen MR) is 129 cm³/mol. The average molecular weight is 401 g/mol. The zero-order valence-corrected chi connectivity index (χ0v) is 17.9. The minimum atomic E-state index is 0.795. The number of anilines is 2. The van der Waals surface area contributed by atoms with Crippen molar-refractivity contribution in [2.24, 2.45) is 0 Å². The van der Waals surface area contributed by atoms with E-state index in [0.29, 0.717) is 0 Å². The SMILES string of the molecule is CNc1ccc(C=Cc2cc(OC)c(C=Cc3ccc(NC)cc3)cc2OC)cc1. The summed E-state index contributed by atoms with van der Waals surface area (Å²) in [4.78, 5) is 0. The Morgan fingerprint density at radius 2 is 0.933 bits per heavy atom. The van der Waals surface area contributed by atoms with Crippen molar-refractivity contribution >= 4 is 35.7 Å². The third-order valence-electron chi connectivity index (χ3n) is 4.89. The van der Waals surface area contributed by atoms with Crippen molar-refractivity contribution in [2.75, 3.05) is 38.9 Å². The second-order valence-electron chi connectivity index (χ2n) is 6.75. The number of methoxy groups -OCH3 is 2. The molecule has 0 heterocycles. The van der Waals surface area contributed by atoms with E-state index in [2.05, 4.69) is 71.3 Å². The predicted octanol–water partition coefficient (Wildman–Crippen LogP) is 6.13. The molecule has 0 aliphatic rings. The van der Waals surface area contributed by atoms with Crippen LogP contribution < -0.4 is 20.1 Å². The van der Waals surface area contributed by atoms with Gasteiger partial charge < -0.3 is 20.1 Å². The molecule has 0 saturated carbocycles. The highest BCUT2D eigenvalue weighted by molar-refractivity contribution is 5.79. The van der Waals surface area contributed by atoms with Crippen molar-refractivity contribution in [1.29, 1.82) is 0 Å². The molecule has 3 aromatic rings. The Morgan fingerprint density at radius 1 is 0.567 bits per heavy atom. The van der Waals surface area contributed by atoms with Crippen LogP contribution in [-0.2, 0) is 0 Å². The summed E-state index contributed by atoms with van der Waals surface area (Å²) in [5.41, 5.74) is 6.32. The fourth-order valence-corrected chi connectivity index (χ4v) is 3.10. The molecule has 0 radical (unpaired) electrons. The van der Waals surface area contributed by atoms with Crippen molar-refractivity contribution in [2.45, 2.75) is 0 Å². The van der Waals surface area contributed by atoms with E-state index in [1.165, 1.54) is 0 Å². The Morgan fingerprint density at radius 3 is 1.23 bits per heavy atom. The van der Waals surface area contributed by atoms with Gasteiger partial charge in [-0.2, -0.15) is 0 Å². The number of hydrogen-bond acceptors (Lipinski definition) is 4. The smallest absolute Gasteiger partial charge is 0.126 e. The lowest BCUT2D eigenvalue weighted by Gasteiger charge is -2.11. The van der Waals surface area contributed by atoms with E-state index in [0.717, 1.165) is 45.1 Å². The molecule has 3 rings (SSSR count). The molecule has 0 unspecified atom stereocenters. The summed E-state index contributed by atoms with van der Waals surface area (Å²) in [5, 5.41) is 6.25. The van der Waals surface area contributed by atoms with E-state index in [-0.39, 0.29) is 0 Å². The highest BCUT2D eigenvalue weighted by atomic mass is 16.5. The molecular weight excluding hydrogens is 372 g/mol. The van der Waals surface area contributed by atoms with Crippen LogP contribution in [0.3, 0.4) is 0 Å². The van der Waals surface area contributed by atoms with Crippen molar-refractivity contribution in [3.05, 3.63) is 82.9 Å². The molecule has 0 aliphatic heterocycles. The van der Waals surface area contributed by atoms with Gasteiger partial charge >= 0.3 is 0 Å². The van der Waals surface area contributed by atoms with Crippen LogP contribution in [0.1, 0.15) is 22.3 Å². The molecule has 3 aromatic carbocycles. The maximum absolute atomic E-state index is 5.63. The zero-order valence-electron chi connectivity index (χ0n) is 17.9. The number of rotatable bonds is 8. The normalized spacial score (nSPS) is 11.1. The largest absolute Gasteiger partial charge is 0.496 e. The molecule has 4 heteroatoms. The molecule has 0 amide bonds. The Labute approximate surface area is 178 Å². The molecule has 4 nitrogen and oxygen atoms in total. The summed E-state index contributed by atoms with van der Waals surface area (Å²) in [5.74, 6) is 1.59. The molecule has 0 saturated heterocycles. The van der Waals surface area contributed by atoms with Gasteiger partial charge in [-0.1, -0.05) is 48.6 Å². The number of hydrogen-bond donors (Lipinski definition) is 2. The topological polar surface area (TPSA) is 42.5 Å². The fraction of sp³-hybridized carbons (Fsp3) is 0.154. The monoisotopic (exact) mass is 400 g/mol. The van der Waals surface area contributed by atoms with Gasteiger partial charge in [0.1, 0.15) is 11.5 Å². The maximum atomic E-state index is 5.63. The fourth-order valence-electron chi connectivity index (χ4n) is 3.10. The highest BCUT2D eigenvalue weighted by Gasteiger charge is 2.08. The van der Waals surface area contributed by atoms with E-state index in [1.54, 1.807) is 14.2 Å². The first-order chi connectivity index (χ1) is 14.7. The quantitative estimate of drug-likeness (QED) is 0.447. The van der Waals surface area contributed by atoms with E-state index in [1.807, 2.05) is 38.4 Å². The van der Waals surface area contributed by atoms with Crippen molar-refractivity contribution < 1.29 is 9.47 Å². The minimum absolute atomic E-state index is 0.795. The first-order valence-electron chi connectivity index (χ1n) is 9.84. The average Bonchev–Trinajstić information content (AvgIpc) is 2.81. The van der Waals surface area contributed by atoms with Crippen molar-refractivity contribution in [3.8, 4) is 11.5 Å². The van der Waals surface area contributed by atoms with E-state index >= 15 is 0 Å². The summed E-state index contributed by atoms with van der Waals surface area (Å²) in [6.45, 7) is 0. The Bertz CT molecular complexity index is 935. The van der Waals surface area contributed by atoms with Gasteiger partial charge in [-0.15, -0.1) is 0 Å². The Balaban J connectivity index is 1.86. The molecule has 30 heavy (non-hydrogen) atoms. The molecule has 0 atom stereocenters. The Kier molecular flexibility index (Phi) is 7.17. The van der Waals surface area contributed by atoms with E-state index in [9.17, 15) is 0 Å². The van der Waals surface area contributed by atoms with Gasteiger partial charge in [0.05, 0.1) is 14.2 Å². The van der Waals surface area contributed by atoms with Crippen LogP contribution in [0.15, 0.2) is 60.7 Å². The summed E-state index contributed by atoms with van der Waals surface area (Å²) in [7, 11) is 7.19. The van der Waals surface area contributed by atoms with Crippen LogP contribution in [0.5, 0.6) is 11.5 Å². The third-order valence-corrected chi connectivity index (χ3v) is 4.89. The second kappa shape index (κ2) is 10.2. The van der Waals surface area contributed by atoms with Gasteiger partial charge in [-0.25, -0.2) is 0 Å². The number of benzene rings is 3. The van der Waals surface area contributed by atoms with Gasteiger partial charge in [0.2, 0.25) is 0 Å². The molecule has 2 N–H and O–H groups in total. The van der Waals surface area contributed by atoms with Gasteiger partial charge in [0.25, 0.3) is 0 Å². The first-order valence-corrected chi connectivity index (χ1v) is 9.84. The third kappa shape index (κ3) is 5.23. The molecular formula is C26H28N2O2. The summed E-state index contributed by atoms with van der Waals surface area (Å²) < 4.78 is 11.3. The van der Waals surface area contributed by atoms with Gasteiger partial charge in [-0.05, 0) is 47.5 Å². The zero-order chi connectivity index (χ0) is 21.3. The first kappa shape index (κ1) is 21.1. The van der Waals surface area contributed by atoms with Crippen molar-refractivity contribution in [1.82, 2.24) is 0 Å². The second-order valence-corrected chi connectivity index (χ2v) is 6.75. The highest BCUT2D eigenvalue weighted by Crippen LogP contribution is 2.32. The van der Waals surface area contributed by atoms with Crippen molar-refractivity contribution in [3.63, 3.8) is 0 Å². The van der Waals surface area contributed by atoms with Gasteiger partial charge in [-0.3, -0.25) is 0 Å². The van der Waals surface area contributed by atoms with Crippen LogP contribution >= 0.6 is 0 Å². The Hall–Kier alpha value is -3.66. The van der Waals surface area contributed by atoms with Crippen LogP contribution in [0, 0.1) is 0 Å². The van der Waals surface area contributed by atoms with Gasteiger partial charge in [0, 0.05) is 36.6 Å². The standard InChI is InChI=1S/C26H28N2O2/c1-27-23-13-7-19(8-14-23)5-11-21-17-26(30-4)22(18-25(21)29-3)12-6-20-9-15-24(28-2)16-10-20/h5-18,27-28H,1-4H3. The molecule has 0 fully saturated rings. The van der Waals surface area contributed by atoms with Gasteiger partial charge in [0.15, 0.2) is 0 Å². The lowest BCUT2D eigenvalue weighted by molar-refractivity contribution is 0.401. The lowest BCUT2D eigenvalue weighted by atomic mass is 10.1. The molecule has 0 bridgehead atoms. The number of ether oxygens (including phenoxy) is 2. The summed E-state index contributed by atoms with van der Waals surface area (Å²) in [6.07, 6.45) is 8.21. The molecule has 0 aromatic heterocycles. The van der Waals surface area contributed by atoms with Crippen LogP contribution in [0.4, 0.5) is 11.4 Å².